The zero-order valence-electron chi connectivity index (χ0n) is 20.1. The van der Waals surface area contributed by atoms with E-state index >= 15 is 0 Å². The molecular weight excluding hydrogens is 406 g/mol. The minimum atomic E-state index is -3.11. The molecule has 1 aliphatic carbocycles. The van der Waals surface area contributed by atoms with Crippen LogP contribution in [-0.2, 0) is 21.1 Å². The van der Waals surface area contributed by atoms with Gasteiger partial charge in [0.2, 0.25) is 5.91 Å². The zero-order valence-corrected chi connectivity index (χ0v) is 20.9. The Hall–Kier alpha value is -1.36. The molecule has 1 aromatic carbocycles. The van der Waals surface area contributed by atoms with E-state index < -0.39 is 14.6 Å². The number of amides is 1. The summed E-state index contributed by atoms with van der Waals surface area (Å²) < 4.78 is 24.2. The van der Waals surface area contributed by atoms with Crippen molar-refractivity contribution in [3.63, 3.8) is 0 Å². The first kappa shape index (κ1) is 24.3. The molecule has 31 heavy (non-hydrogen) atoms. The largest absolute Gasteiger partial charge is 0.342 e. The Bertz CT molecular complexity index is 846. The molecular formula is C26H41NO3S. The number of piperidine rings is 1. The van der Waals surface area contributed by atoms with Crippen LogP contribution in [0.2, 0.25) is 0 Å². The number of carbonyl (C=O) groups excluding carboxylic acids is 1. The molecule has 0 radical (unpaired) electrons. The van der Waals surface area contributed by atoms with Crippen molar-refractivity contribution < 1.29 is 13.2 Å². The second-order valence-corrected chi connectivity index (χ2v) is 13.8. The highest BCUT2D eigenvalue weighted by atomic mass is 32.2. The molecule has 4 nitrogen and oxygen atoms in total. The second-order valence-electron chi connectivity index (χ2n) is 11.0. The summed E-state index contributed by atoms with van der Waals surface area (Å²) in [7, 11) is -3.11. The van der Waals surface area contributed by atoms with Gasteiger partial charge in [0.1, 0.15) is 0 Å². The SMILES string of the molecule is CC1CCCC(c2ccc(CC(=O)N3CCC(CS(=O)(=O)C(C)(C)C)CC3)cc2)C1C. The number of nitrogens with zero attached hydrogens (tertiary/aromatic N) is 1. The van der Waals surface area contributed by atoms with Crippen molar-refractivity contribution in [2.24, 2.45) is 17.8 Å². The minimum Gasteiger partial charge on any atom is -0.342 e. The van der Waals surface area contributed by atoms with E-state index in [9.17, 15) is 13.2 Å². The maximum Gasteiger partial charge on any atom is 0.226 e. The summed E-state index contributed by atoms with van der Waals surface area (Å²) >= 11 is 0. The van der Waals surface area contributed by atoms with Crippen molar-refractivity contribution in [3.05, 3.63) is 35.4 Å². The van der Waals surface area contributed by atoms with Crippen molar-refractivity contribution in [3.8, 4) is 0 Å². The molecule has 1 aliphatic heterocycles. The van der Waals surface area contributed by atoms with E-state index in [-0.39, 0.29) is 17.6 Å². The normalized spacial score (nSPS) is 26.1. The molecule has 3 unspecified atom stereocenters. The van der Waals surface area contributed by atoms with Crippen LogP contribution in [0.25, 0.3) is 0 Å². The van der Waals surface area contributed by atoms with Gasteiger partial charge in [-0.05, 0) is 74.8 Å². The second kappa shape index (κ2) is 9.64. The lowest BCUT2D eigenvalue weighted by Gasteiger charge is -2.34. The van der Waals surface area contributed by atoms with Crippen LogP contribution in [0.1, 0.15) is 83.8 Å². The number of carbonyl (C=O) groups is 1. The molecule has 2 fully saturated rings. The maximum atomic E-state index is 12.8. The number of benzene rings is 1. The molecule has 2 aliphatic rings. The lowest BCUT2D eigenvalue weighted by atomic mass is 9.71. The quantitative estimate of drug-likeness (QED) is 0.622. The van der Waals surface area contributed by atoms with Crippen LogP contribution in [-0.4, -0.2) is 42.8 Å². The van der Waals surface area contributed by atoms with Crippen LogP contribution in [0.5, 0.6) is 0 Å². The monoisotopic (exact) mass is 447 g/mol. The molecule has 3 rings (SSSR count). The van der Waals surface area contributed by atoms with Gasteiger partial charge in [0.15, 0.2) is 9.84 Å². The molecule has 1 aromatic rings. The zero-order chi connectivity index (χ0) is 22.8. The number of rotatable bonds is 5. The van der Waals surface area contributed by atoms with Crippen molar-refractivity contribution >= 4 is 15.7 Å². The van der Waals surface area contributed by atoms with Gasteiger partial charge in [0.05, 0.1) is 16.9 Å². The Balaban J connectivity index is 1.51. The van der Waals surface area contributed by atoms with Crippen LogP contribution < -0.4 is 0 Å². The highest BCUT2D eigenvalue weighted by Crippen LogP contribution is 2.40. The lowest BCUT2D eigenvalue weighted by molar-refractivity contribution is -0.131. The number of likely N-dealkylation sites (tertiary alicyclic amines) is 1. The van der Waals surface area contributed by atoms with Crippen LogP contribution >= 0.6 is 0 Å². The van der Waals surface area contributed by atoms with Gasteiger partial charge in [-0.2, -0.15) is 0 Å². The average molecular weight is 448 g/mol. The topological polar surface area (TPSA) is 54.5 Å². The Morgan fingerprint density at radius 2 is 1.61 bits per heavy atom. The Kier molecular flexibility index (Phi) is 7.55. The fourth-order valence-electron chi connectivity index (χ4n) is 5.13. The van der Waals surface area contributed by atoms with E-state index in [4.69, 9.17) is 0 Å². The summed E-state index contributed by atoms with van der Waals surface area (Å²) in [5, 5.41) is 0. The molecule has 174 valence electrons. The van der Waals surface area contributed by atoms with Crippen LogP contribution in [0, 0.1) is 17.8 Å². The first-order valence-corrected chi connectivity index (χ1v) is 13.7. The van der Waals surface area contributed by atoms with E-state index in [0.29, 0.717) is 31.3 Å². The van der Waals surface area contributed by atoms with E-state index in [0.717, 1.165) is 24.3 Å². The Morgan fingerprint density at radius 1 is 1.00 bits per heavy atom. The molecule has 0 spiro atoms. The summed E-state index contributed by atoms with van der Waals surface area (Å²) in [5.41, 5.74) is 2.49. The third kappa shape index (κ3) is 5.91. The summed E-state index contributed by atoms with van der Waals surface area (Å²) in [6.45, 7) is 11.4. The summed E-state index contributed by atoms with van der Waals surface area (Å²) in [4.78, 5) is 14.7. The van der Waals surface area contributed by atoms with Gasteiger partial charge in [-0.1, -0.05) is 51.0 Å². The smallest absolute Gasteiger partial charge is 0.226 e. The van der Waals surface area contributed by atoms with Gasteiger partial charge in [-0.25, -0.2) is 8.42 Å². The van der Waals surface area contributed by atoms with E-state index in [1.165, 1.54) is 24.8 Å². The molecule has 1 heterocycles. The third-order valence-corrected chi connectivity index (χ3v) is 10.6. The summed E-state index contributed by atoms with van der Waals surface area (Å²) in [6.07, 6.45) is 5.90. The molecule has 1 saturated heterocycles. The molecule has 3 atom stereocenters. The third-order valence-electron chi connectivity index (χ3n) is 7.83. The lowest BCUT2D eigenvalue weighted by Crippen LogP contribution is -2.42. The van der Waals surface area contributed by atoms with Gasteiger partial charge in [-0.3, -0.25) is 4.79 Å². The van der Waals surface area contributed by atoms with Gasteiger partial charge in [0, 0.05) is 13.1 Å². The Labute approximate surface area is 189 Å². The predicted octanol–water partition coefficient (Wildman–Crippen LogP) is 5.22. The molecule has 1 saturated carbocycles. The highest BCUT2D eigenvalue weighted by Gasteiger charge is 2.33. The fraction of sp³-hybridized carbons (Fsp3) is 0.731. The van der Waals surface area contributed by atoms with Crippen molar-refractivity contribution in [1.82, 2.24) is 4.90 Å². The fourth-order valence-corrected chi connectivity index (χ4v) is 6.58. The first-order chi connectivity index (χ1) is 14.5. The van der Waals surface area contributed by atoms with Crippen LogP contribution in [0.3, 0.4) is 0 Å². The molecule has 0 bridgehead atoms. The first-order valence-electron chi connectivity index (χ1n) is 12.1. The van der Waals surface area contributed by atoms with Crippen LogP contribution in [0.4, 0.5) is 0 Å². The van der Waals surface area contributed by atoms with Gasteiger partial charge < -0.3 is 4.90 Å². The minimum absolute atomic E-state index is 0.157. The standard InChI is InChI=1S/C26H41NO3S/c1-19-7-6-8-24(20(19)2)23-11-9-21(10-12-23)17-25(28)27-15-13-22(14-16-27)18-31(29,30)26(3,4)5/h9-12,19-20,22,24H,6-8,13-18H2,1-5H3. The van der Waals surface area contributed by atoms with Crippen LogP contribution in [0.15, 0.2) is 24.3 Å². The summed E-state index contributed by atoms with van der Waals surface area (Å²) in [5.74, 6) is 2.68. The van der Waals surface area contributed by atoms with Gasteiger partial charge in [0.25, 0.3) is 0 Å². The van der Waals surface area contributed by atoms with Crippen molar-refractivity contribution in [2.75, 3.05) is 18.8 Å². The predicted molar refractivity (Wildman–Crippen MR) is 128 cm³/mol. The maximum absolute atomic E-state index is 12.8. The highest BCUT2D eigenvalue weighted by molar-refractivity contribution is 7.92. The molecule has 0 N–H and O–H groups in total. The number of sulfone groups is 1. The average Bonchev–Trinajstić information content (AvgIpc) is 2.70. The molecule has 5 heteroatoms. The van der Waals surface area contributed by atoms with E-state index in [1.54, 1.807) is 20.8 Å². The van der Waals surface area contributed by atoms with Gasteiger partial charge >= 0.3 is 0 Å². The molecule has 0 aromatic heterocycles. The molecule has 1 amide bonds. The number of hydrogen-bond acceptors (Lipinski definition) is 3. The number of hydrogen-bond donors (Lipinski definition) is 0. The Morgan fingerprint density at radius 3 is 2.19 bits per heavy atom. The van der Waals surface area contributed by atoms with Crippen molar-refractivity contribution in [1.29, 1.82) is 0 Å². The van der Waals surface area contributed by atoms with Crippen molar-refractivity contribution in [2.45, 2.75) is 83.8 Å². The summed E-state index contributed by atoms with van der Waals surface area (Å²) in [6, 6.07) is 8.71. The van der Waals surface area contributed by atoms with E-state index in [1.807, 2.05) is 4.90 Å². The van der Waals surface area contributed by atoms with Gasteiger partial charge in [-0.15, -0.1) is 0 Å². The van der Waals surface area contributed by atoms with E-state index in [2.05, 4.69) is 38.1 Å².